The summed E-state index contributed by atoms with van der Waals surface area (Å²) in [4.78, 5) is 9.77. The highest BCUT2D eigenvalue weighted by Gasteiger charge is 2.30. The van der Waals surface area contributed by atoms with Gasteiger partial charge in [-0.2, -0.15) is 0 Å². The van der Waals surface area contributed by atoms with Gasteiger partial charge in [0.1, 0.15) is 5.82 Å². The molecule has 0 aromatic carbocycles. The lowest BCUT2D eigenvalue weighted by molar-refractivity contribution is 0.230. The molecule has 1 unspecified atom stereocenters. The molecule has 0 amide bonds. The molecule has 0 aliphatic carbocycles. The molecular formula is C17H28N4. The Labute approximate surface area is 128 Å². The molecule has 2 fully saturated rings. The molecule has 1 atom stereocenters. The van der Waals surface area contributed by atoms with Crippen LogP contribution in [-0.2, 0) is 6.54 Å². The molecule has 1 aromatic heterocycles. The number of piperazine rings is 1. The van der Waals surface area contributed by atoms with E-state index < -0.39 is 0 Å². The van der Waals surface area contributed by atoms with E-state index in [1.165, 1.54) is 31.5 Å². The molecule has 3 heterocycles. The van der Waals surface area contributed by atoms with Crippen molar-refractivity contribution < 1.29 is 0 Å². The van der Waals surface area contributed by atoms with Gasteiger partial charge in [-0.25, -0.2) is 4.98 Å². The number of pyridine rings is 1. The van der Waals surface area contributed by atoms with Crippen molar-refractivity contribution in [3.63, 3.8) is 0 Å². The van der Waals surface area contributed by atoms with Gasteiger partial charge < -0.3 is 10.2 Å². The molecule has 4 heteroatoms. The van der Waals surface area contributed by atoms with Gasteiger partial charge >= 0.3 is 0 Å². The molecule has 0 saturated carbocycles. The number of hydrogen-bond acceptors (Lipinski definition) is 4. The van der Waals surface area contributed by atoms with Crippen molar-refractivity contribution in [1.29, 1.82) is 0 Å². The lowest BCUT2D eigenvalue weighted by atomic mass is 10.1. The van der Waals surface area contributed by atoms with Crippen LogP contribution in [0, 0.1) is 0 Å². The van der Waals surface area contributed by atoms with Crippen LogP contribution in [0.4, 0.5) is 5.82 Å². The van der Waals surface area contributed by atoms with Gasteiger partial charge in [-0.3, -0.25) is 4.90 Å². The van der Waals surface area contributed by atoms with Crippen LogP contribution >= 0.6 is 0 Å². The molecule has 0 spiro atoms. The van der Waals surface area contributed by atoms with Gasteiger partial charge in [0.25, 0.3) is 0 Å². The number of nitrogens with one attached hydrogen (secondary N) is 1. The number of anilines is 1. The van der Waals surface area contributed by atoms with E-state index >= 15 is 0 Å². The Hall–Kier alpha value is -1.13. The van der Waals surface area contributed by atoms with E-state index in [1.807, 2.05) is 6.20 Å². The molecule has 1 aromatic rings. The predicted octanol–water partition coefficient (Wildman–Crippen LogP) is 2.25. The van der Waals surface area contributed by atoms with Gasteiger partial charge in [0.05, 0.1) is 0 Å². The van der Waals surface area contributed by atoms with Crippen LogP contribution < -0.4 is 10.2 Å². The van der Waals surface area contributed by atoms with Crippen molar-refractivity contribution in [3.8, 4) is 0 Å². The van der Waals surface area contributed by atoms with Gasteiger partial charge in [-0.05, 0) is 51.8 Å². The molecular weight excluding hydrogens is 260 g/mol. The summed E-state index contributed by atoms with van der Waals surface area (Å²) in [7, 11) is 0. The second-order valence-electron chi connectivity index (χ2n) is 7.41. The van der Waals surface area contributed by atoms with Gasteiger partial charge in [-0.15, -0.1) is 0 Å². The highest BCUT2D eigenvalue weighted by Crippen LogP contribution is 2.24. The first kappa shape index (κ1) is 14.8. The normalized spacial score (nSPS) is 23.4. The minimum atomic E-state index is 0.150. The first-order valence-corrected chi connectivity index (χ1v) is 8.20. The SMILES string of the molecule is CC(C)(C)NCc1ccc(N2CCN3CCCC3C2)nc1. The van der Waals surface area contributed by atoms with Crippen molar-refractivity contribution >= 4 is 5.82 Å². The number of hydrogen-bond donors (Lipinski definition) is 1. The van der Waals surface area contributed by atoms with E-state index in [0.717, 1.165) is 31.5 Å². The van der Waals surface area contributed by atoms with Crippen LogP contribution in [0.1, 0.15) is 39.2 Å². The summed E-state index contributed by atoms with van der Waals surface area (Å²) in [5.74, 6) is 1.14. The van der Waals surface area contributed by atoms with Gasteiger partial charge in [0.15, 0.2) is 0 Å². The predicted molar refractivity (Wildman–Crippen MR) is 87.6 cm³/mol. The van der Waals surface area contributed by atoms with E-state index in [1.54, 1.807) is 0 Å². The number of rotatable bonds is 3. The summed E-state index contributed by atoms with van der Waals surface area (Å²) in [5.41, 5.74) is 1.41. The van der Waals surface area contributed by atoms with Gasteiger partial charge in [0.2, 0.25) is 0 Å². The van der Waals surface area contributed by atoms with Crippen LogP contribution in [-0.4, -0.2) is 47.6 Å². The van der Waals surface area contributed by atoms with Crippen molar-refractivity contribution in [1.82, 2.24) is 15.2 Å². The second-order valence-corrected chi connectivity index (χ2v) is 7.41. The molecule has 2 saturated heterocycles. The molecule has 2 aliphatic rings. The van der Waals surface area contributed by atoms with Crippen LogP contribution in [0.2, 0.25) is 0 Å². The third-order valence-electron chi connectivity index (χ3n) is 4.54. The molecule has 4 nitrogen and oxygen atoms in total. The largest absolute Gasteiger partial charge is 0.354 e. The summed E-state index contributed by atoms with van der Waals surface area (Å²) in [6.45, 7) is 12.2. The Morgan fingerprint density at radius 1 is 1.24 bits per heavy atom. The molecule has 0 bridgehead atoms. The average molecular weight is 288 g/mol. The van der Waals surface area contributed by atoms with Crippen LogP contribution in [0.25, 0.3) is 0 Å². The topological polar surface area (TPSA) is 31.4 Å². The lowest BCUT2D eigenvalue weighted by Crippen LogP contribution is -2.50. The van der Waals surface area contributed by atoms with E-state index in [9.17, 15) is 0 Å². The monoisotopic (exact) mass is 288 g/mol. The fourth-order valence-electron chi connectivity index (χ4n) is 3.27. The smallest absolute Gasteiger partial charge is 0.128 e. The molecule has 1 N–H and O–H groups in total. The van der Waals surface area contributed by atoms with Crippen LogP contribution in [0.5, 0.6) is 0 Å². The third kappa shape index (κ3) is 3.74. The van der Waals surface area contributed by atoms with E-state index in [-0.39, 0.29) is 5.54 Å². The van der Waals surface area contributed by atoms with Crippen molar-refractivity contribution in [2.75, 3.05) is 31.1 Å². The minimum absolute atomic E-state index is 0.150. The van der Waals surface area contributed by atoms with Crippen molar-refractivity contribution in [2.24, 2.45) is 0 Å². The summed E-state index contributed by atoms with van der Waals surface area (Å²) >= 11 is 0. The van der Waals surface area contributed by atoms with Gasteiger partial charge in [0, 0.05) is 44.0 Å². The Kier molecular flexibility index (Phi) is 4.18. The molecule has 2 aliphatic heterocycles. The number of fused-ring (bicyclic) bond motifs is 1. The first-order chi connectivity index (χ1) is 10.0. The molecule has 0 radical (unpaired) electrons. The minimum Gasteiger partial charge on any atom is -0.354 e. The lowest BCUT2D eigenvalue weighted by Gasteiger charge is -2.38. The second kappa shape index (κ2) is 5.93. The Bertz CT molecular complexity index is 463. The van der Waals surface area contributed by atoms with E-state index in [4.69, 9.17) is 0 Å². The highest BCUT2D eigenvalue weighted by molar-refractivity contribution is 5.40. The molecule has 116 valence electrons. The molecule has 3 rings (SSSR count). The molecule has 21 heavy (non-hydrogen) atoms. The van der Waals surface area contributed by atoms with Crippen molar-refractivity contribution in [2.45, 2.75) is 51.7 Å². The van der Waals surface area contributed by atoms with Crippen LogP contribution in [0.15, 0.2) is 18.3 Å². The van der Waals surface area contributed by atoms with Gasteiger partial charge in [-0.1, -0.05) is 6.07 Å². The summed E-state index contributed by atoms with van der Waals surface area (Å²) in [6, 6.07) is 5.15. The first-order valence-electron chi connectivity index (χ1n) is 8.20. The Morgan fingerprint density at radius 2 is 2.10 bits per heavy atom. The Balaban J connectivity index is 1.59. The standard InChI is InChI=1S/C17H28N4/c1-17(2,3)19-12-14-6-7-16(18-11-14)21-10-9-20-8-4-5-15(20)13-21/h6-7,11,15,19H,4-5,8-10,12-13H2,1-3H3. The maximum atomic E-state index is 4.68. The zero-order valence-corrected chi connectivity index (χ0v) is 13.6. The third-order valence-corrected chi connectivity index (χ3v) is 4.54. The van der Waals surface area contributed by atoms with Crippen molar-refractivity contribution in [3.05, 3.63) is 23.9 Å². The maximum Gasteiger partial charge on any atom is 0.128 e. The summed E-state index contributed by atoms with van der Waals surface area (Å²) < 4.78 is 0. The highest BCUT2D eigenvalue weighted by atomic mass is 15.3. The van der Waals surface area contributed by atoms with E-state index in [0.29, 0.717) is 0 Å². The Morgan fingerprint density at radius 3 is 2.81 bits per heavy atom. The fraction of sp³-hybridized carbons (Fsp3) is 0.706. The summed E-state index contributed by atoms with van der Waals surface area (Å²) in [5, 5.41) is 3.51. The zero-order chi connectivity index (χ0) is 14.9. The maximum absolute atomic E-state index is 4.68. The van der Waals surface area contributed by atoms with E-state index in [2.05, 4.69) is 53.0 Å². The van der Waals surface area contributed by atoms with Crippen LogP contribution in [0.3, 0.4) is 0 Å². The fourth-order valence-corrected chi connectivity index (χ4v) is 3.27. The number of nitrogens with zero attached hydrogens (tertiary/aromatic N) is 3. The number of aromatic nitrogens is 1. The summed E-state index contributed by atoms with van der Waals surface area (Å²) in [6.07, 6.45) is 4.74. The quantitative estimate of drug-likeness (QED) is 0.924. The zero-order valence-electron chi connectivity index (χ0n) is 13.6. The average Bonchev–Trinajstić information content (AvgIpc) is 2.92.